The molecule has 0 saturated carbocycles. The van der Waals surface area contributed by atoms with Crippen LogP contribution in [0.4, 0.5) is 0 Å². The second-order valence-corrected chi connectivity index (χ2v) is 18.0. The lowest BCUT2D eigenvalue weighted by molar-refractivity contribution is -0.0915. The molecular weight excluding hydrogens is 564 g/mol. The first-order valence-corrected chi connectivity index (χ1v) is 17.2. The zero-order valence-corrected chi connectivity index (χ0v) is 26.6. The fraction of sp³-hybridized carbons (Fsp3) is 0.471. The van der Waals surface area contributed by atoms with E-state index in [1.807, 2.05) is 6.92 Å². The Morgan fingerprint density at radius 3 is 1.87 bits per heavy atom. The summed E-state index contributed by atoms with van der Waals surface area (Å²) in [5.74, 6) is 0. The molecule has 4 rings (SSSR count). The molecule has 1 saturated heterocycles. The van der Waals surface area contributed by atoms with Crippen molar-refractivity contribution in [2.75, 3.05) is 6.61 Å². The molecule has 0 aromatic heterocycles. The van der Waals surface area contributed by atoms with Gasteiger partial charge in [-0.1, -0.05) is 128 Å². The predicted molar refractivity (Wildman–Crippen MR) is 169 cm³/mol. The van der Waals surface area contributed by atoms with Crippen molar-refractivity contribution in [1.82, 2.24) is 0 Å². The Morgan fingerprint density at radius 2 is 1.33 bits per heavy atom. The van der Waals surface area contributed by atoms with Crippen LogP contribution in [0.2, 0.25) is 5.04 Å². The van der Waals surface area contributed by atoms with Gasteiger partial charge in [0.2, 0.25) is 0 Å². The van der Waals surface area contributed by atoms with Crippen molar-refractivity contribution in [1.29, 1.82) is 0 Å². The van der Waals surface area contributed by atoms with Crippen molar-refractivity contribution in [3.8, 4) is 0 Å². The first-order valence-electron chi connectivity index (χ1n) is 14.4. The summed E-state index contributed by atoms with van der Waals surface area (Å²) in [6.07, 6.45) is 5.38. The topological polar surface area (TPSA) is 38.7 Å². The molecule has 1 unspecified atom stereocenters. The molecule has 0 bridgehead atoms. The van der Waals surface area contributed by atoms with E-state index < -0.39 is 13.9 Å². The Kier molecular flexibility index (Phi) is 10.3. The van der Waals surface area contributed by atoms with Gasteiger partial charge >= 0.3 is 0 Å². The van der Waals surface area contributed by atoms with E-state index in [9.17, 15) is 5.11 Å². The number of hydrogen-bond acceptors (Lipinski definition) is 3. The first kappa shape index (κ1) is 30.2. The molecule has 39 heavy (non-hydrogen) atoms. The predicted octanol–water partition coefficient (Wildman–Crippen LogP) is 7.04. The number of halogens is 1. The quantitative estimate of drug-likeness (QED) is 0.187. The molecule has 5 heteroatoms. The molecule has 3 aromatic carbocycles. The van der Waals surface area contributed by atoms with Crippen molar-refractivity contribution in [3.63, 3.8) is 0 Å². The lowest BCUT2D eigenvalue weighted by Gasteiger charge is -2.43. The molecule has 1 heterocycles. The van der Waals surface area contributed by atoms with E-state index in [0.717, 1.165) is 25.7 Å². The van der Waals surface area contributed by atoms with Gasteiger partial charge in [-0.2, -0.15) is 0 Å². The number of alkyl halides is 1. The van der Waals surface area contributed by atoms with Gasteiger partial charge in [0.1, 0.15) is 0 Å². The second kappa shape index (κ2) is 13.3. The molecule has 210 valence electrons. The Morgan fingerprint density at radius 1 is 0.821 bits per heavy atom. The van der Waals surface area contributed by atoms with Crippen LogP contribution in [0.15, 0.2) is 91.0 Å². The lowest BCUT2D eigenvalue weighted by Crippen LogP contribution is -2.66. The molecule has 1 fully saturated rings. The fourth-order valence-corrected chi connectivity index (χ4v) is 11.5. The van der Waals surface area contributed by atoms with Crippen LogP contribution < -0.4 is 10.4 Å². The van der Waals surface area contributed by atoms with E-state index in [0.29, 0.717) is 24.3 Å². The molecule has 3 aromatic rings. The number of hydrogen-bond donors (Lipinski definition) is 1. The maximum Gasteiger partial charge on any atom is 0.261 e. The maximum absolute atomic E-state index is 11.5. The molecule has 1 N–H and O–H groups in total. The highest BCUT2D eigenvalue weighted by atomic mass is 79.9. The third-order valence-electron chi connectivity index (χ3n) is 8.06. The summed E-state index contributed by atoms with van der Waals surface area (Å²) in [5, 5.41) is 14.0. The maximum atomic E-state index is 11.5. The van der Waals surface area contributed by atoms with Crippen molar-refractivity contribution in [2.24, 2.45) is 0 Å². The number of benzene rings is 3. The van der Waals surface area contributed by atoms with E-state index in [1.54, 1.807) is 0 Å². The van der Waals surface area contributed by atoms with Crippen LogP contribution in [-0.4, -0.2) is 42.7 Å². The van der Waals surface area contributed by atoms with E-state index in [4.69, 9.17) is 9.16 Å². The largest absolute Gasteiger partial charge is 0.407 e. The van der Waals surface area contributed by atoms with Gasteiger partial charge in [0.25, 0.3) is 8.32 Å². The summed E-state index contributed by atoms with van der Waals surface area (Å²) in [6.45, 7) is 9.32. The Hall–Kier alpha value is -1.76. The number of aliphatic hydroxyl groups is 1. The molecule has 3 nitrogen and oxygen atoms in total. The van der Waals surface area contributed by atoms with E-state index in [-0.39, 0.29) is 17.2 Å². The first-order chi connectivity index (χ1) is 18.6. The minimum Gasteiger partial charge on any atom is -0.407 e. The van der Waals surface area contributed by atoms with Crippen LogP contribution in [0, 0.1) is 0 Å². The van der Waals surface area contributed by atoms with Crippen LogP contribution in [0.1, 0.15) is 65.4 Å². The molecule has 0 spiro atoms. The van der Waals surface area contributed by atoms with Gasteiger partial charge in [0.15, 0.2) is 0 Å². The molecule has 0 aliphatic carbocycles. The van der Waals surface area contributed by atoms with Gasteiger partial charge in [0, 0.05) is 17.9 Å². The van der Waals surface area contributed by atoms with Crippen LogP contribution in [-0.2, 0) is 15.6 Å². The summed E-state index contributed by atoms with van der Waals surface area (Å²) in [6, 6.07) is 32.0. The molecular formula is C34H45BrO3Si. The van der Waals surface area contributed by atoms with Crippen LogP contribution >= 0.6 is 15.9 Å². The summed E-state index contributed by atoms with van der Waals surface area (Å²) in [4.78, 5) is 0.418. The fourth-order valence-electron chi connectivity index (χ4n) is 6.12. The standard InChI is InChI=1S/C34H45BrO3Si/c1-33(2,3)39(31-16-10-6-11-17-31,32-18-12-7-13-19-32)37-23-22-34(4,36)26-30-25-28(35)24-29(38-30)21-20-27-14-8-5-9-15-27/h5-19,28-30,36H,20-26H2,1-4H3/t28-,29+,30+,34?/m1/s1. The van der Waals surface area contributed by atoms with Crippen molar-refractivity contribution in [2.45, 2.75) is 93.9 Å². The summed E-state index contributed by atoms with van der Waals surface area (Å²) in [7, 11) is -2.62. The normalized spacial score (nSPS) is 21.8. The Balaban J connectivity index is 1.42. The lowest BCUT2D eigenvalue weighted by atomic mass is 9.90. The average Bonchev–Trinajstić information content (AvgIpc) is 2.90. The zero-order chi connectivity index (χ0) is 27.9. The Bertz CT molecular complexity index is 1090. The molecule has 1 aliphatic rings. The van der Waals surface area contributed by atoms with Crippen LogP contribution in [0.5, 0.6) is 0 Å². The van der Waals surface area contributed by atoms with Crippen LogP contribution in [0.25, 0.3) is 0 Å². The molecule has 4 atom stereocenters. The number of ether oxygens (including phenoxy) is 1. The summed E-state index contributed by atoms with van der Waals surface area (Å²) >= 11 is 3.87. The molecule has 0 amide bonds. The Labute approximate surface area is 245 Å². The highest BCUT2D eigenvalue weighted by Gasteiger charge is 2.50. The number of aryl methyl sites for hydroxylation is 1. The van der Waals surface area contributed by atoms with Gasteiger partial charge in [-0.25, -0.2) is 0 Å². The van der Waals surface area contributed by atoms with Gasteiger partial charge < -0.3 is 14.3 Å². The van der Waals surface area contributed by atoms with Crippen molar-refractivity contribution >= 4 is 34.6 Å². The van der Waals surface area contributed by atoms with Gasteiger partial charge in [-0.05, 0) is 60.0 Å². The van der Waals surface area contributed by atoms with E-state index in [2.05, 4.69) is 128 Å². The van der Waals surface area contributed by atoms with Gasteiger partial charge in [-0.3, -0.25) is 0 Å². The highest BCUT2D eigenvalue weighted by molar-refractivity contribution is 9.09. The monoisotopic (exact) mass is 608 g/mol. The van der Waals surface area contributed by atoms with Crippen molar-refractivity contribution < 1.29 is 14.3 Å². The molecule has 0 radical (unpaired) electrons. The van der Waals surface area contributed by atoms with E-state index >= 15 is 0 Å². The highest BCUT2D eigenvalue weighted by Crippen LogP contribution is 2.38. The van der Waals surface area contributed by atoms with Crippen LogP contribution in [0.3, 0.4) is 0 Å². The van der Waals surface area contributed by atoms with Gasteiger partial charge in [-0.15, -0.1) is 0 Å². The number of rotatable bonds is 11. The average molecular weight is 610 g/mol. The summed E-state index contributed by atoms with van der Waals surface area (Å²) < 4.78 is 13.6. The van der Waals surface area contributed by atoms with E-state index in [1.165, 1.54) is 15.9 Å². The minimum absolute atomic E-state index is 0.0340. The smallest absolute Gasteiger partial charge is 0.261 e. The third-order valence-corrected chi connectivity index (χ3v) is 13.9. The second-order valence-electron chi connectivity index (χ2n) is 12.4. The minimum atomic E-state index is -2.62. The summed E-state index contributed by atoms with van der Waals surface area (Å²) in [5.41, 5.74) is 0.478. The van der Waals surface area contributed by atoms with Gasteiger partial charge in [0.05, 0.1) is 17.8 Å². The zero-order valence-electron chi connectivity index (χ0n) is 24.0. The third kappa shape index (κ3) is 7.92. The van der Waals surface area contributed by atoms with Crippen molar-refractivity contribution in [3.05, 3.63) is 96.6 Å². The SMILES string of the molecule is CC(O)(CCO[Si](c1ccccc1)(c1ccccc1)C(C)(C)C)C[C@@H]1C[C@H](Br)C[C@H](CCc2ccccc2)O1. The molecule has 1 aliphatic heterocycles.